The van der Waals surface area contributed by atoms with Crippen LogP contribution < -0.4 is 0 Å². The number of esters is 2. The first-order valence-corrected chi connectivity index (χ1v) is 4.46. The molecule has 6 nitrogen and oxygen atoms in total. The summed E-state index contributed by atoms with van der Waals surface area (Å²) in [4.78, 5) is 31.3. The highest BCUT2D eigenvalue weighted by atomic mass is 16.6. The van der Waals surface area contributed by atoms with Crippen molar-refractivity contribution in [3.05, 3.63) is 0 Å². The molecule has 90 valence electrons. The van der Waals surface area contributed by atoms with Gasteiger partial charge in [-0.05, 0) is 0 Å². The Labute approximate surface area is 98.2 Å². The van der Waals surface area contributed by atoms with Gasteiger partial charge in [-0.25, -0.2) is 9.59 Å². The molecule has 0 N–H and O–H groups in total. The molecule has 6 heteroatoms. The maximum absolute atomic E-state index is 10.7. The fraction of sp³-hybridized carbons (Fsp3) is 0.364. The summed E-state index contributed by atoms with van der Waals surface area (Å²) in [6.45, 7) is -0.151. The SMILES string of the molecule is C#CC(=O)OCC(COC=O)COC(=O)C#C. The zero-order valence-corrected chi connectivity index (χ0v) is 8.88. The van der Waals surface area contributed by atoms with Crippen LogP contribution in [0.4, 0.5) is 0 Å². The second kappa shape index (κ2) is 8.81. The molecule has 0 saturated carbocycles. The monoisotopic (exact) mass is 238 g/mol. The number of hydrogen-bond donors (Lipinski definition) is 0. The Bertz CT molecular complexity index is 329. The highest BCUT2D eigenvalue weighted by Crippen LogP contribution is 2.00. The van der Waals surface area contributed by atoms with Crippen LogP contribution in [0.15, 0.2) is 0 Å². The van der Waals surface area contributed by atoms with Crippen molar-refractivity contribution in [2.45, 2.75) is 0 Å². The summed E-state index contributed by atoms with van der Waals surface area (Å²) >= 11 is 0. The Morgan fingerprint density at radius 2 is 1.53 bits per heavy atom. The van der Waals surface area contributed by atoms with Crippen LogP contribution >= 0.6 is 0 Å². The minimum absolute atomic E-state index is 0.0841. The maximum Gasteiger partial charge on any atom is 0.384 e. The largest absolute Gasteiger partial charge is 0.467 e. The summed E-state index contributed by atoms with van der Waals surface area (Å²) in [6.07, 6.45) is 9.56. The van der Waals surface area contributed by atoms with Gasteiger partial charge < -0.3 is 14.2 Å². The first kappa shape index (κ1) is 14.5. The molecular weight excluding hydrogens is 228 g/mol. The van der Waals surface area contributed by atoms with E-state index in [4.69, 9.17) is 12.8 Å². The third-order valence-corrected chi connectivity index (χ3v) is 1.54. The third kappa shape index (κ3) is 7.46. The zero-order chi connectivity index (χ0) is 13.1. The van der Waals surface area contributed by atoms with Crippen LogP contribution in [0.1, 0.15) is 0 Å². The van der Waals surface area contributed by atoms with E-state index < -0.39 is 17.9 Å². The number of carbonyl (C=O) groups excluding carboxylic acids is 3. The van der Waals surface area contributed by atoms with E-state index in [1.54, 1.807) is 11.8 Å². The summed E-state index contributed by atoms with van der Waals surface area (Å²) < 4.78 is 13.7. The van der Waals surface area contributed by atoms with Crippen LogP contribution in [0.2, 0.25) is 0 Å². The van der Waals surface area contributed by atoms with Gasteiger partial charge in [-0.1, -0.05) is 0 Å². The second-order valence-electron chi connectivity index (χ2n) is 2.78. The number of hydrogen-bond acceptors (Lipinski definition) is 6. The fourth-order valence-electron chi connectivity index (χ4n) is 0.790. The quantitative estimate of drug-likeness (QED) is 0.188. The summed E-state index contributed by atoms with van der Waals surface area (Å²) in [5, 5.41) is 0. The van der Waals surface area contributed by atoms with E-state index in [2.05, 4.69) is 14.2 Å². The van der Waals surface area contributed by atoms with Gasteiger partial charge in [0.05, 0.1) is 5.92 Å². The first-order valence-electron chi connectivity index (χ1n) is 4.46. The molecule has 0 aliphatic heterocycles. The maximum atomic E-state index is 10.7. The van der Waals surface area contributed by atoms with Crippen molar-refractivity contribution in [2.75, 3.05) is 19.8 Å². The lowest BCUT2D eigenvalue weighted by molar-refractivity contribution is -0.144. The molecule has 0 amide bonds. The van der Waals surface area contributed by atoms with E-state index in [9.17, 15) is 14.4 Å². The summed E-state index contributed by atoms with van der Waals surface area (Å²) in [6, 6.07) is 0. The van der Waals surface area contributed by atoms with Gasteiger partial charge in [-0.2, -0.15) is 0 Å². The smallest absolute Gasteiger partial charge is 0.384 e. The molecule has 17 heavy (non-hydrogen) atoms. The molecule has 0 heterocycles. The van der Waals surface area contributed by atoms with Crippen LogP contribution in [0.25, 0.3) is 0 Å². The van der Waals surface area contributed by atoms with Gasteiger partial charge in [0.25, 0.3) is 6.47 Å². The molecule has 0 spiro atoms. The third-order valence-electron chi connectivity index (χ3n) is 1.54. The van der Waals surface area contributed by atoms with Crippen LogP contribution in [0.3, 0.4) is 0 Å². The van der Waals surface area contributed by atoms with E-state index in [0.717, 1.165) is 0 Å². The molecule has 0 aliphatic carbocycles. The van der Waals surface area contributed by atoms with Crippen molar-refractivity contribution in [2.24, 2.45) is 5.92 Å². The molecule has 0 radical (unpaired) electrons. The van der Waals surface area contributed by atoms with Gasteiger partial charge >= 0.3 is 11.9 Å². The van der Waals surface area contributed by atoms with Crippen molar-refractivity contribution < 1.29 is 28.6 Å². The fourth-order valence-corrected chi connectivity index (χ4v) is 0.790. The summed E-state index contributed by atoms with van der Waals surface area (Å²) in [5.74, 6) is 1.25. The molecule has 0 bridgehead atoms. The highest BCUT2D eigenvalue weighted by Gasteiger charge is 2.14. The van der Waals surface area contributed by atoms with Gasteiger partial charge in [-0.15, -0.1) is 12.8 Å². The zero-order valence-electron chi connectivity index (χ0n) is 8.88. The predicted octanol–water partition coefficient (Wildman–Crippen LogP) is -0.872. The second-order valence-corrected chi connectivity index (χ2v) is 2.78. The van der Waals surface area contributed by atoms with Crippen LogP contribution in [-0.2, 0) is 28.6 Å². The highest BCUT2D eigenvalue weighted by molar-refractivity contribution is 5.88. The molecule has 0 saturated heterocycles. The van der Waals surface area contributed by atoms with Gasteiger partial charge in [0, 0.05) is 11.8 Å². The van der Waals surface area contributed by atoms with E-state index in [1.165, 1.54) is 0 Å². The molecule has 0 aliphatic rings. The molecule has 0 unspecified atom stereocenters. The molecule has 0 fully saturated rings. The Morgan fingerprint density at radius 1 is 1.06 bits per heavy atom. The molecule has 0 aromatic rings. The Hall–Kier alpha value is -2.47. The van der Waals surface area contributed by atoms with Gasteiger partial charge in [0.1, 0.15) is 19.8 Å². The molecule has 0 atom stereocenters. The Kier molecular flexibility index (Phi) is 7.53. The van der Waals surface area contributed by atoms with Crippen molar-refractivity contribution in [1.82, 2.24) is 0 Å². The lowest BCUT2D eigenvalue weighted by atomic mass is 10.2. The summed E-state index contributed by atoms with van der Waals surface area (Å²) in [7, 11) is 0. The van der Waals surface area contributed by atoms with E-state index in [-0.39, 0.29) is 26.3 Å². The number of terminal acetylenes is 2. The van der Waals surface area contributed by atoms with Crippen LogP contribution in [-0.4, -0.2) is 38.2 Å². The molecule has 0 rings (SSSR count). The van der Waals surface area contributed by atoms with E-state index in [1.807, 2.05) is 0 Å². The van der Waals surface area contributed by atoms with Crippen molar-refractivity contribution >= 4 is 18.4 Å². The normalized spacial score (nSPS) is 8.65. The number of carbonyl (C=O) groups is 3. The number of ether oxygens (including phenoxy) is 3. The topological polar surface area (TPSA) is 78.9 Å². The average molecular weight is 238 g/mol. The van der Waals surface area contributed by atoms with Crippen molar-refractivity contribution in [3.8, 4) is 24.7 Å². The molecular formula is C11H10O6. The molecule has 0 aromatic carbocycles. The Balaban J connectivity index is 4.10. The lowest BCUT2D eigenvalue weighted by Gasteiger charge is -2.14. The standard InChI is InChI=1S/C11H10O6/c1-3-10(13)16-6-9(5-15-8-12)7-17-11(14)4-2/h1-2,8-9H,5-7H2. The van der Waals surface area contributed by atoms with Crippen LogP contribution in [0, 0.1) is 30.6 Å². The predicted molar refractivity (Wildman–Crippen MR) is 55.1 cm³/mol. The Morgan fingerprint density at radius 3 is 1.88 bits per heavy atom. The molecule has 0 aromatic heterocycles. The van der Waals surface area contributed by atoms with Crippen molar-refractivity contribution in [1.29, 1.82) is 0 Å². The average Bonchev–Trinajstić information content (AvgIpc) is 2.36. The van der Waals surface area contributed by atoms with Crippen molar-refractivity contribution in [3.63, 3.8) is 0 Å². The van der Waals surface area contributed by atoms with E-state index in [0.29, 0.717) is 0 Å². The lowest BCUT2D eigenvalue weighted by Crippen LogP contribution is -2.24. The summed E-state index contributed by atoms with van der Waals surface area (Å²) in [5.41, 5.74) is 0. The van der Waals surface area contributed by atoms with E-state index >= 15 is 0 Å². The minimum Gasteiger partial charge on any atom is -0.467 e. The first-order chi connectivity index (χ1) is 8.13. The number of rotatable bonds is 7. The van der Waals surface area contributed by atoms with Gasteiger partial charge in [-0.3, -0.25) is 4.79 Å². The van der Waals surface area contributed by atoms with Crippen LogP contribution in [0.5, 0.6) is 0 Å². The van der Waals surface area contributed by atoms with Gasteiger partial charge in [0.2, 0.25) is 0 Å². The van der Waals surface area contributed by atoms with Gasteiger partial charge in [0.15, 0.2) is 0 Å². The minimum atomic E-state index is -0.857.